The van der Waals surface area contributed by atoms with Crippen LogP contribution in [0.4, 0.5) is 8.78 Å². The highest BCUT2D eigenvalue weighted by Crippen LogP contribution is 2.23. The van der Waals surface area contributed by atoms with Crippen molar-refractivity contribution in [2.24, 2.45) is 5.73 Å². The summed E-state index contributed by atoms with van der Waals surface area (Å²) in [6, 6.07) is 5.12. The Morgan fingerprint density at radius 2 is 1.90 bits per heavy atom. The van der Waals surface area contributed by atoms with Crippen LogP contribution in [0.15, 0.2) is 34.9 Å². The highest BCUT2D eigenvalue weighted by molar-refractivity contribution is 5.23. The summed E-state index contributed by atoms with van der Waals surface area (Å²) in [5, 5.41) is 0. The van der Waals surface area contributed by atoms with Gasteiger partial charge in [-0.25, -0.2) is 8.78 Å². The fraction of sp³-hybridized carbons (Fsp3) is 0.333. The van der Waals surface area contributed by atoms with E-state index in [4.69, 9.17) is 10.2 Å². The molecule has 20 heavy (non-hydrogen) atoms. The average molecular weight is 280 g/mol. The number of furan rings is 1. The van der Waals surface area contributed by atoms with E-state index in [1.54, 1.807) is 6.26 Å². The summed E-state index contributed by atoms with van der Waals surface area (Å²) in [6.07, 6.45) is 1.62. The van der Waals surface area contributed by atoms with E-state index in [-0.39, 0.29) is 12.6 Å². The zero-order valence-corrected chi connectivity index (χ0v) is 11.6. The lowest BCUT2D eigenvalue weighted by atomic mass is 10.0. The Morgan fingerprint density at radius 3 is 2.40 bits per heavy atom. The maximum Gasteiger partial charge on any atom is 0.126 e. The Bertz CT molecular complexity index is 563. The van der Waals surface area contributed by atoms with E-state index in [0.29, 0.717) is 12.1 Å². The van der Waals surface area contributed by atoms with Crippen molar-refractivity contribution < 1.29 is 13.2 Å². The second-order valence-corrected chi connectivity index (χ2v) is 4.87. The molecule has 0 bridgehead atoms. The lowest BCUT2D eigenvalue weighted by Gasteiger charge is -2.27. The van der Waals surface area contributed by atoms with E-state index in [1.807, 2.05) is 24.9 Å². The van der Waals surface area contributed by atoms with Crippen LogP contribution in [0.3, 0.4) is 0 Å². The van der Waals surface area contributed by atoms with E-state index < -0.39 is 11.6 Å². The quantitative estimate of drug-likeness (QED) is 0.915. The average Bonchev–Trinajstić information content (AvgIpc) is 2.74. The molecule has 0 aliphatic carbocycles. The molecule has 0 saturated heterocycles. The number of nitrogens with two attached hydrogens (primary N) is 1. The maximum absolute atomic E-state index is 13.3. The molecule has 5 heteroatoms. The Hall–Kier alpha value is -1.72. The van der Waals surface area contributed by atoms with Crippen molar-refractivity contribution in [3.63, 3.8) is 0 Å². The molecule has 0 aliphatic rings. The summed E-state index contributed by atoms with van der Waals surface area (Å²) in [7, 11) is 1.87. The Labute approximate surface area is 117 Å². The lowest BCUT2D eigenvalue weighted by molar-refractivity contribution is 0.239. The third-order valence-electron chi connectivity index (χ3n) is 3.41. The monoisotopic (exact) mass is 280 g/mol. The summed E-state index contributed by atoms with van der Waals surface area (Å²) in [5.74, 6) is -0.351. The molecular weight excluding hydrogens is 262 g/mol. The van der Waals surface area contributed by atoms with Gasteiger partial charge in [-0.3, -0.25) is 4.90 Å². The second-order valence-electron chi connectivity index (χ2n) is 4.87. The molecule has 1 unspecified atom stereocenters. The van der Waals surface area contributed by atoms with Crippen molar-refractivity contribution in [3.8, 4) is 0 Å². The van der Waals surface area contributed by atoms with Crippen molar-refractivity contribution in [1.82, 2.24) is 4.90 Å². The maximum atomic E-state index is 13.3. The highest BCUT2D eigenvalue weighted by Gasteiger charge is 2.18. The van der Waals surface area contributed by atoms with Gasteiger partial charge in [0.05, 0.1) is 6.26 Å². The first-order valence-electron chi connectivity index (χ1n) is 6.40. The van der Waals surface area contributed by atoms with Crippen LogP contribution < -0.4 is 5.73 Å². The number of likely N-dealkylation sites (N-methyl/N-ethyl adjacent to an activating group) is 1. The van der Waals surface area contributed by atoms with Crippen molar-refractivity contribution in [3.05, 3.63) is 59.1 Å². The topological polar surface area (TPSA) is 42.4 Å². The largest absolute Gasteiger partial charge is 0.469 e. The molecule has 1 aromatic carbocycles. The Balaban J connectivity index is 2.20. The third kappa shape index (κ3) is 3.23. The zero-order chi connectivity index (χ0) is 14.7. The number of halogens is 2. The Morgan fingerprint density at radius 1 is 1.25 bits per heavy atom. The minimum absolute atomic E-state index is 0.255. The molecule has 0 saturated carbocycles. The number of rotatable bonds is 5. The number of benzene rings is 1. The number of nitrogens with zero attached hydrogens (tertiary/aromatic N) is 1. The molecule has 3 nitrogen and oxygen atoms in total. The number of aryl methyl sites for hydroxylation is 1. The predicted octanol–water partition coefficient (Wildman–Crippen LogP) is 3.00. The lowest BCUT2D eigenvalue weighted by Crippen LogP contribution is -2.30. The molecule has 2 N–H and O–H groups in total. The van der Waals surface area contributed by atoms with Crippen LogP contribution in [0.25, 0.3) is 0 Å². The molecule has 0 fully saturated rings. The van der Waals surface area contributed by atoms with Gasteiger partial charge < -0.3 is 10.2 Å². The van der Waals surface area contributed by atoms with Crippen molar-refractivity contribution in [2.75, 3.05) is 13.6 Å². The molecule has 0 spiro atoms. The van der Waals surface area contributed by atoms with Gasteiger partial charge in [-0.05, 0) is 37.7 Å². The van der Waals surface area contributed by atoms with Crippen molar-refractivity contribution >= 4 is 0 Å². The molecular formula is C15H18F2N2O. The van der Waals surface area contributed by atoms with E-state index >= 15 is 0 Å². The number of hydrogen-bond donors (Lipinski definition) is 1. The van der Waals surface area contributed by atoms with Crippen LogP contribution in [0, 0.1) is 18.6 Å². The summed E-state index contributed by atoms with van der Waals surface area (Å²) >= 11 is 0. The van der Waals surface area contributed by atoms with Gasteiger partial charge >= 0.3 is 0 Å². The normalized spacial score (nSPS) is 12.9. The summed E-state index contributed by atoms with van der Waals surface area (Å²) in [5.41, 5.74) is 7.33. The molecule has 1 atom stereocenters. The fourth-order valence-electron chi connectivity index (χ4n) is 2.29. The minimum Gasteiger partial charge on any atom is -0.469 e. The van der Waals surface area contributed by atoms with Crippen LogP contribution in [0.1, 0.15) is 22.9 Å². The van der Waals surface area contributed by atoms with E-state index in [1.165, 1.54) is 12.1 Å². The van der Waals surface area contributed by atoms with Gasteiger partial charge in [0.1, 0.15) is 17.4 Å². The van der Waals surface area contributed by atoms with Gasteiger partial charge in [0.2, 0.25) is 0 Å². The standard InChI is InChI=1S/C15H18F2N2O/c1-10-11(3-4-20-10)9-19(2)15(8-18)12-5-13(16)7-14(17)6-12/h3-7,15H,8-9,18H2,1-2H3. The van der Waals surface area contributed by atoms with Gasteiger partial charge in [-0.2, -0.15) is 0 Å². The smallest absolute Gasteiger partial charge is 0.126 e. The van der Waals surface area contributed by atoms with Gasteiger partial charge in [-0.1, -0.05) is 0 Å². The van der Waals surface area contributed by atoms with Gasteiger partial charge in [0.25, 0.3) is 0 Å². The predicted molar refractivity (Wildman–Crippen MR) is 73.1 cm³/mol. The summed E-state index contributed by atoms with van der Waals surface area (Å²) in [6.45, 7) is 2.75. The SMILES string of the molecule is Cc1occc1CN(C)C(CN)c1cc(F)cc(F)c1. The minimum atomic E-state index is -0.591. The molecule has 2 aromatic rings. The van der Waals surface area contributed by atoms with Crippen LogP contribution in [-0.4, -0.2) is 18.5 Å². The fourth-order valence-corrected chi connectivity index (χ4v) is 2.29. The van der Waals surface area contributed by atoms with E-state index in [0.717, 1.165) is 17.4 Å². The molecule has 108 valence electrons. The zero-order valence-electron chi connectivity index (χ0n) is 11.6. The van der Waals surface area contributed by atoms with Gasteiger partial charge in [0, 0.05) is 30.8 Å². The van der Waals surface area contributed by atoms with E-state index in [9.17, 15) is 8.78 Å². The van der Waals surface area contributed by atoms with Crippen molar-refractivity contribution in [2.45, 2.75) is 19.5 Å². The first-order chi connectivity index (χ1) is 9.51. The first-order valence-corrected chi connectivity index (χ1v) is 6.40. The van der Waals surface area contributed by atoms with Crippen LogP contribution in [-0.2, 0) is 6.54 Å². The van der Waals surface area contributed by atoms with Gasteiger partial charge in [0.15, 0.2) is 0 Å². The van der Waals surface area contributed by atoms with Crippen LogP contribution in [0.2, 0.25) is 0 Å². The first kappa shape index (κ1) is 14.7. The molecule has 1 aromatic heterocycles. The second kappa shape index (κ2) is 6.15. The Kier molecular flexibility index (Phi) is 4.52. The summed E-state index contributed by atoms with van der Waals surface area (Å²) < 4.78 is 31.9. The third-order valence-corrected chi connectivity index (χ3v) is 3.41. The van der Waals surface area contributed by atoms with Crippen molar-refractivity contribution in [1.29, 1.82) is 0 Å². The van der Waals surface area contributed by atoms with Gasteiger partial charge in [-0.15, -0.1) is 0 Å². The highest BCUT2D eigenvalue weighted by atomic mass is 19.1. The number of hydrogen-bond acceptors (Lipinski definition) is 3. The van der Waals surface area contributed by atoms with Crippen LogP contribution >= 0.6 is 0 Å². The molecule has 0 aliphatic heterocycles. The van der Waals surface area contributed by atoms with E-state index in [2.05, 4.69) is 0 Å². The van der Waals surface area contributed by atoms with Crippen LogP contribution in [0.5, 0.6) is 0 Å². The molecule has 2 rings (SSSR count). The summed E-state index contributed by atoms with van der Waals surface area (Å²) in [4.78, 5) is 1.95. The molecule has 0 amide bonds. The molecule has 1 heterocycles. The molecule has 0 radical (unpaired) electrons.